The highest BCUT2D eigenvalue weighted by atomic mass is 19.1. The van der Waals surface area contributed by atoms with E-state index in [0.29, 0.717) is 40.9 Å². The van der Waals surface area contributed by atoms with E-state index in [1.165, 1.54) is 18.4 Å². The van der Waals surface area contributed by atoms with Gasteiger partial charge in [-0.1, -0.05) is 0 Å². The van der Waals surface area contributed by atoms with Gasteiger partial charge in [-0.25, -0.2) is 8.78 Å². The Morgan fingerprint density at radius 2 is 1.97 bits per heavy atom. The van der Waals surface area contributed by atoms with Crippen molar-refractivity contribution in [1.29, 1.82) is 0 Å². The molecular weight excluding hydrogens is 390 g/mol. The predicted molar refractivity (Wildman–Crippen MR) is 106 cm³/mol. The third-order valence-corrected chi connectivity index (χ3v) is 5.59. The van der Waals surface area contributed by atoms with Gasteiger partial charge in [-0.15, -0.1) is 0 Å². The van der Waals surface area contributed by atoms with Crippen LogP contribution in [0.15, 0.2) is 47.2 Å². The number of nitrogens with zero attached hydrogens (tertiary/aromatic N) is 4. The van der Waals surface area contributed by atoms with Crippen LogP contribution in [0.1, 0.15) is 34.6 Å². The average molecular weight is 408 g/mol. The lowest BCUT2D eigenvalue weighted by Gasteiger charge is -2.33. The summed E-state index contributed by atoms with van der Waals surface area (Å²) in [5.41, 5.74) is 4.42. The molecule has 8 heteroatoms. The average Bonchev–Trinajstić information content (AvgIpc) is 3.30. The van der Waals surface area contributed by atoms with Crippen LogP contribution >= 0.6 is 0 Å². The summed E-state index contributed by atoms with van der Waals surface area (Å²) >= 11 is 0. The van der Waals surface area contributed by atoms with E-state index in [4.69, 9.17) is 4.42 Å². The number of hydrogen-bond acceptors (Lipinski definition) is 4. The zero-order valence-corrected chi connectivity index (χ0v) is 16.4. The Morgan fingerprint density at radius 1 is 1.20 bits per heavy atom. The summed E-state index contributed by atoms with van der Waals surface area (Å²) in [6.45, 7) is 2.36. The lowest BCUT2D eigenvalue weighted by molar-refractivity contribution is 0.0673. The van der Waals surface area contributed by atoms with Gasteiger partial charge >= 0.3 is 0 Å². The number of amides is 1. The molecule has 0 radical (unpaired) electrons. The molecule has 152 valence electrons. The van der Waals surface area contributed by atoms with Crippen LogP contribution in [0.25, 0.3) is 22.4 Å². The number of aryl methyl sites for hydroxylation is 1. The lowest BCUT2D eigenvalue weighted by atomic mass is 9.95. The van der Waals surface area contributed by atoms with Crippen molar-refractivity contribution in [3.05, 3.63) is 71.2 Å². The molecule has 1 aromatic carbocycles. The van der Waals surface area contributed by atoms with Crippen LogP contribution < -0.4 is 0 Å². The van der Waals surface area contributed by atoms with Gasteiger partial charge in [0, 0.05) is 43.0 Å². The molecule has 3 aromatic heterocycles. The highest BCUT2D eigenvalue weighted by Gasteiger charge is 2.33. The smallest absolute Gasteiger partial charge is 0.256 e. The zero-order chi connectivity index (χ0) is 21.0. The first-order valence-electron chi connectivity index (χ1n) is 9.59. The number of hydrogen-bond donors (Lipinski definition) is 0. The number of fused-ring (bicyclic) bond motifs is 2. The molecule has 5 rings (SSSR count). The van der Waals surface area contributed by atoms with Crippen molar-refractivity contribution in [3.8, 4) is 11.3 Å². The third kappa shape index (κ3) is 2.87. The normalized spacial score (nSPS) is 16.1. The summed E-state index contributed by atoms with van der Waals surface area (Å²) in [6, 6.07) is 6.57. The molecule has 1 aliphatic rings. The molecule has 6 nitrogen and oxygen atoms in total. The molecule has 0 spiro atoms. The van der Waals surface area contributed by atoms with Crippen LogP contribution in [-0.2, 0) is 13.5 Å². The van der Waals surface area contributed by atoms with Crippen molar-refractivity contribution in [1.82, 2.24) is 19.7 Å². The minimum Gasteiger partial charge on any atom is -0.463 e. The van der Waals surface area contributed by atoms with E-state index in [9.17, 15) is 13.6 Å². The summed E-state index contributed by atoms with van der Waals surface area (Å²) < 4.78 is 34.5. The second-order valence-electron chi connectivity index (χ2n) is 7.45. The molecule has 0 saturated carbocycles. The molecule has 1 unspecified atom stereocenters. The largest absolute Gasteiger partial charge is 0.463 e. The summed E-state index contributed by atoms with van der Waals surface area (Å²) in [5.74, 6) is -1.44. The van der Waals surface area contributed by atoms with E-state index in [-0.39, 0.29) is 11.9 Å². The minimum absolute atomic E-state index is 0.164. The first kappa shape index (κ1) is 18.5. The molecule has 4 aromatic rings. The molecule has 4 heterocycles. The fourth-order valence-electron chi connectivity index (χ4n) is 4.20. The van der Waals surface area contributed by atoms with E-state index in [2.05, 4.69) is 10.1 Å². The molecule has 0 saturated heterocycles. The van der Waals surface area contributed by atoms with E-state index >= 15 is 0 Å². The summed E-state index contributed by atoms with van der Waals surface area (Å²) in [5, 5.41) is 4.58. The molecule has 0 aliphatic carbocycles. The van der Waals surface area contributed by atoms with Crippen molar-refractivity contribution >= 4 is 17.0 Å². The lowest BCUT2D eigenvalue weighted by Crippen LogP contribution is -2.39. The van der Waals surface area contributed by atoms with Crippen LogP contribution in [0, 0.1) is 11.6 Å². The Morgan fingerprint density at radius 3 is 2.73 bits per heavy atom. The quantitative estimate of drug-likeness (QED) is 0.497. The Bertz CT molecular complexity index is 1270. The molecule has 1 atom stereocenters. The van der Waals surface area contributed by atoms with Gasteiger partial charge in [-0.05, 0) is 31.5 Å². The molecule has 0 fully saturated rings. The fraction of sp³-hybridized carbons (Fsp3) is 0.227. The molecule has 1 aliphatic heterocycles. The van der Waals surface area contributed by atoms with Gasteiger partial charge in [0.25, 0.3) is 5.91 Å². The van der Waals surface area contributed by atoms with Crippen molar-refractivity contribution in [2.75, 3.05) is 6.54 Å². The number of carbonyl (C=O) groups is 1. The van der Waals surface area contributed by atoms with E-state index in [0.717, 1.165) is 17.3 Å². The topological polar surface area (TPSA) is 64.2 Å². The fourth-order valence-corrected chi connectivity index (χ4v) is 4.20. The second-order valence-corrected chi connectivity index (χ2v) is 7.45. The molecule has 0 bridgehead atoms. The number of benzene rings is 1. The SMILES string of the molecule is CC1c2nn(C)c(-c3cc(F)cc(F)c3)c2CCN1C(=O)c1cnc2ccoc2c1. The predicted octanol–water partition coefficient (Wildman–Crippen LogP) is 4.27. The van der Waals surface area contributed by atoms with Gasteiger partial charge in [0.2, 0.25) is 0 Å². The summed E-state index contributed by atoms with van der Waals surface area (Å²) in [6.07, 6.45) is 3.61. The maximum absolute atomic E-state index is 13.8. The standard InChI is InChI=1S/C22H18F2N4O2/c1-12-20-17(21(27(2)26-20)13-7-15(23)10-16(24)8-13)3-5-28(12)22(29)14-9-19-18(25-11-14)4-6-30-19/h4,6-12H,3,5H2,1-2H3. The first-order chi connectivity index (χ1) is 14.4. The zero-order valence-electron chi connectivity index (χ0n) is 16.4. The summed E-state index contributed by atoms with van der Waals surface area (Å²) in [4.78, 5) is 19.1. The van der Waals surface area contributed by atoms with Gasteiger partial charge in [0.05, 0.1) is 29.3 Å². The Labute approximate surface area is 170 Å². The molecule has 0 N–H and O–H groups in total. The number of rotatable bonds is 2. The van der Waals surface area contributed by atoms with Crippen molar-refractivity contribution in [2.24, 2.45) is 7.05 Å². The second kappa shape index (κ2) is 6.76. The maximum Gasteiger partial charge on any atom is 0.256 e. The van der Waals surface area contributed by atoms with Crippen molar-refractivity contribution in [3.63, 3.8) is 0 Å². The van der Waals surface area contributed by atoms with E-state index in [1.807, 2.05) is 6.92 Å². The van der Waals surface area contributed by atoms with E-state index in [1.54, 1.807) is 35.0 Å². The molecular formula is C22H18F2N4O2. The number of furan rings is 1. The van der Waals surface area contributed by atoms with Gasteiger partial charge in [0.1, 0.15) is 17.2 Å². The van der Waals surface area contributed by atoms with Gasteiger partial charge in [-0.2, -0.15) is 5.10 Å². The van der Waals surface area contributed by atoms with Crippen LogP contribution in [-0.4, -0.2) is 32.1 Å². The maximum atomic E-state index is 13.8. The van der Waals surface area contributed by atoms with Crippen LogP contribution in [0.2, 0.25) is 0 Å². The molecule has 1 amide bonds. The first-order valence-corrected chi connectivity index (χ1v) is 9.59. The highest BCUT2D eigenvalue weighted by Crippen LogP contribution is 2.36. The Hall–Kier alpha value is -3.55. The van der Waals surface area contributed by atoms with Gasteiger partial charge in [0.15, 0.2) is 5.58 Å². The number of aromatic nitrogens is 3. The van der Waals surface area contributed by atoms with Crippen LogP contribution in [0.3, 0.4) is 0 Å². The number of halogens is 2. The highest BCUT2D eigenvalue weighted by molar-refractivity contribution is 5.96. The third-order valence-electron chi connectivity index (χ3n) is 5.59. The van der Waals surface area contributed by atoms with Crippen LogP contribution in [0.5, 0.6) is 0 Å². The van der Waals surface area contributed by atoms with Crippen LogP contribution in [0.4, 0.5) is 8.78 Å². The Kier molecular flexibility index (Phi) is 4.16. The van der Waals surface area contributed by atoms with Crippen molar-refractivity contribution < 1.29 is 18.0 Å². The Balaban J connectivity index is 1.51. The number of pyridine rings is 1. The van der Waals surface area contributed by atoms with E-state index < -0.39 is 11.6 Å². The molecule has 30 heavy (non-hydrogen) atoms. The summed E-state index contributed by atoms with van der Waals surface area (Å²) in [7, 11) is 1.74. The monoisotopic (exact) mass is 408 g/mol. The minimum atomic E-state index is -0.638. The van der Waals surface area contributed by atoms with Gasteiger partial charge < -0.3 is 9.32 Å². The number of carbonyl (C=O) groups excluding carboxylic acids is 1. The van der Waals surface area contributed by atoms with Gasteiger partial charge in [-0.3, -0.25) is 14.5 Å². The van der Waals surface area contributed by atoms with Crippen molar-refractivity contribution in [2.45, 2.75) is 19.4 Å².